The number of aromatic nitrogens is 1. The number of piperidine rings is 1. The molecule has 0 aliphatic carbocycles. The van der Waals surface area contributed by atoms with Gasteiger partial charge in [0.2, 0.25) is 5.91 Å². The molecule has 18 heavy (non-hydrogen) atoms. The number of anilines is 1. The second-order valence-electron chi connectivity index (χ2n) is 4.90. The summed E-state index contributed by atoms with van der Waals surface area (Å²) >= 11 is 0. The lowest BCUT2D eigenvalue weighted by atomic mass is 9.96. The molecule has 1 aliphatic rings. The molecule has 2 rings (SSSR count). The zero-order valence-electron chi connectivity index (χ0n) is 10.7. The number of carbonyl (C=O) groups excluding carboxylic acids is 1. The van der Waals surface area contributed by atoms with E-state index in [0.717, 1.165) is 37.3 Å². The van der Waals surface area contributed by atoms with E-state index in [-0.39, 0.29) is 17.9 Å². The van der Waals surface area contributed by atoms with Gasteiger partial charge in [-0.25, -0.2) is 4.98 Å². The van der Waals surface area contributed by atoms with Gasteiger partial charge in [0.05, 0.1) is 0 Å². The predicted octanol–water partition coefficient (Wildman–Crippen LogP) is 0.803. The Kier molecular flexibility index (Phi) is 3.81. The maximum Gasteiger partial charge on any atom is 0.220 e. The summed E-state index contributed by atoms with van der Waals surface area (Å²) in [7, 11) is 0. The normalized spacial score (nSPS) is 18.7. The van der Waals surface area contributed by atoms with Crippen LogP contribution in [0.15, 0.2) is 18.3 Å². The molecular formula is C13H20N4O. The summed E-state index contributed by atoms with van der Waals surface area (Å²) in [5, 5.41) is 0. The molecule has 0 spiro atoms. The van der Waals surface area contributed by atoms with Crippen molar-refractivity contribution >= 4 is 11.7 Å². The Bertz CT molecular complexity index is 408. The molecule has 0 aromatic carbocycles. The lowest BCUT2D eigenvalue weighted by Gasteiger charge is -2.31. The maximum absolute atomic E-state index is 11.1. The molecule has 5 heteroatoms. The van der Waals surface area contributed by atoms with E-state index in [2.05, 4.69) is 9.88 Å². The fourth-order valence-corrected chi connectivity index (χ4v) is 2.25. The first-order chi connectivity index (χ1) is 8.58. The van der Waals surface area contributed by atoms with Crippen molar-refractivity contribution < 1.29 is 4.79 Å². The van der Waals surface area contributed by atoms with Crippen LogP contribution in [0.5, 0.6) is 0 Å². The largest absolute Gasteiger partial charge is 0.369 e. The van der Waals surface area contributed by atoms with Gasteiger partial charge < -0.3 is 16.4 Å². The van der Waals surface area contributed by atoms with Gasteiger partial charge in [-0.2, -0.15) is 0 Å². The van der Waals surface area contributed by atoms with Crippen LogP contribution in [0, 0.1) is 5.92 Å². The predicted molar refractivity (Wildman–Crippen MR) is 71.0 cm³/mol. The summed E-state index contributed by atoms with van der Waals surface area (Å²) in [4.78, 5) is 17.7. The zero-order valence-corrected chi connectivity index (χ0v) is 10.7. The molecule has 0 bridgehead atoms. The fourth-order valence-electron chi connectivity index (χ4n) is 2.25. The van der Waals surface area contributed by atoms with Gasteiger partial charge in [0.25, 0.3) is 0 Å². The van der Waals surface area contributed by atoms with Gasteiger partial charge in [0.15, 0.2) is 0 Å². The van der Waals surface area contributed by atoms with Gasteiger partial charge in [0, 0.05) is 31.2 Å². The summed E-state index contributed by atoms with van der Waals surface area (Å²) < 4.78 is 0. The first kappa shape index (κ1) is 12.8. The fraction of sp³-hybridized carbons (Fsp3) is 0.538. The highest BCUT2D eigenvalue weighted by Gasteiger charge is 2.23. The molecule has 1 aliphatic heterocycles. The number of amides is 1. The summed E-state index contributed by atoms with van der Waals surface area (Å²) in [6.45, 7) is 3.60. The van der Waals surface area contributed by atoms with Crippen molar-refractivity contribution in [2.75, 3.05) is 18.0 Å². The van der Waals surface area contributed by atoms with Crippen LogP contribution in [0.2, 0.25) is 0 Å². The van der Waals surface area contributed by atoms with Crippen molar-refractivity contribution in [1.82, 2.24) is 4.98 Å². The highest BCUT2D eigenvalue weighted by atomic mass is 16.1. The van der Waals surface area contributed by atoms with E-state index in [4.69, 9.17) is 11.5 Å². The van der Waals surface area contributed by atoms with E-state index >= 15 is 0 Å². The molecule has 2 heterocycles. The first-order valence-corrected chi connectivity index (χ1v) is 6.33. The molecule has 0 saturated carbocycles. The summed E-state index contributed by atoms with van der Waals surface area (Å²) in [5.74, 6) is 0.779. The first-order valence-electron chi connectivity index (χ1n) is 6.33. The number of primary amides is 1. The number of nitrogens with two attached hydrogens (primary N) is 2. The van der Waals surface area contributed by atoms with E-state index in [1.807, 2.05) is 25.3 Å². The number of hydrogen-bond acceptors (Lipinski definition) is 4. The third-order valence-corrected chi connectivity index (χ3v) is 3.52. The van der Waals surface area contributed by atoms with Crippen LogP contribution in [-0.2, 0) is 4.79 Å². The molecule has 0 unspecified atom stereocenters. The summed E-state index contributed by atoms with van der Waals surface area (Å²) in [6, 6.07) is 4.00. The number of hydrogen-bond donors (Lipinski definition) is 2. The van der Waals surface area contributed by atoms with Crippen LogP contribution in [0.4, 0.5) is 5.82 Å². The summed E-state index contributed by atoms with van der Waals surface area (Å²) in [5.41, 5.74) is 12.1. The van der Waals surface area contributed by atoms with Crippen molar-refractivity contribution in [3.05, 3.63) is 23.9 Å². The molecule has 1 aromatic heterocycles. The standard InChI is InChI=1S/C13H20N4O/c1-9(14)11-2-3-12(16-8-11)17-6-4-10(5-7-17)13(15)18/h2-3,8-10H,4-7,14H2,1H3,(H2,15,18)/t9-/m1/s1. The number of carbonyl (C=O) groups is 1. The lowest BCUT2D eigenvalue weighted by molar-refractivity contribution is -0.122. The second kappa shape index (κ2) is 5.35. The third-order valence-electron chi connectivity index (χ3n) is 3.52. The van der Waals surface area contributed by atoms with Crippen molar-refractivity contribution in [2.45, 2.75) is 25.8 Å². The van der Waals surface area contributed by atoms with Crippen LogP contribution in [-0.4, -0.2) is 24.0 Å². The van der Waals surface area contributed by atoms with Gasteiger partial charge in [0.1, 0.15) is 5.82 Å². The zero-order chi connectivity index (χ0) is 13.1. The van der Waals surface area contributed by atoms with Gasteiger partial charge >= 0.3 is 0 Å². The van der Waals surface area contributed by atoms with Crippen LogP contribution in [0.25, 0.3) is 0 Å². The van der Waals surface area contributed by atoms with Crippen molar-refractivity contribution in [3.63, 3.8) is 0 Å². The minimum absolute atomic E-state index is 0.00662. The Labute approximate surface area is 107 Å². The van der Waals surface area contributed by atoms with E-state index in [1.165, 1.54) is 0 Å². The van der Waals surface area contributed by atoms with E-state index in [0.29, 0.717) is 0 Å². The molecule has 1 aromatic rings. The third kappa shape index (κ3) is 2.79. The van der Waals surface area contributed by atoms with Crippen LogP contribution in [0.1, 0.15) is 31.4 Å². The number of pyridine rings is 1. The highest BCUT2D eigenvalue weighted by Crippen LogP contribution is 2.22. The van der Waals surface area contributed by atoms with Crippen molar-refractivity contribution in [2.24, 2.45) is 17.4 Å². The van der Waals surface area contributed by atoms with Crippen molar-refractivity contribution in [3.8, 4) is 0 Å². The number of rotatable bonds is 3. The minimum atomic E-state index is -0.185. The van der Waals surface area contributed by atoms with E-state index in [1.54, 1.807) is 0 Å². The Morgan fingerprint density at radius 3 is 2.56 bits per heavy atom. The molecular weight excluding hydrogens is 228 g/mol. The van der Waals surface area contributed by atoms with Gasteiger partial charge in [-0.3, -0.25) is 4.79 Å². The molecule has 98 valence electrons. The molecule has 1 amide bonds. The average Bonchev–Trinajstić information content (AvgIpc) is 2.39. The van der Waals surface area contributed by atoms with Crippen molar-refractivity contribution in [1.29, 1.82) is 0 Å². The monoisotopic (exact) mass is 248 g/mol. The van der Waals surface area contributed by atoms with Crippen LogP contribution >= 0.6 is 0 Å². The highest BCUT2D eigenvalue weighted by molar-refractivity contribution is 5.76. The van der Waals surface area contributed by atoms with Crippen LogP contribution in [0.3, 0.4) is 0 Å². The smallest absolute Gasteiger partial charge is 0.220 e. The Morgan fingerprint density at radius 2 is 2.11 bits per heavy atom. The molecule has 1 saturated heterocycles. The summed E-state index contributed by atoms with van der Waals surface area (Å²) in [6.07, 6.45) is 3.44. The SMILES string of the molecule is C[C@@H](N)c1ccc(N2CCC(C(N)=O)CC2)nc1. The minimum Gasteiger partial charge on any atom is -0.369 e. The van der Waals surface area contributed by atoms with Gasteiger partial charge in [-0.1, -0.05) is 6.07 Å². The second-order valence-corrected chi connectivity index (χ2v) is 4.90. The maximum atomic E-state index is 11.1. The molecule has 1 fully saturated rings. The lowest BCUT2D eigenvalue weighted by Crippen LogP contribution is -2.38. The van der Waals surface area contributed by atoms with E-state index < -0.39 is 0 Å². The molecule has 1 atom stereocenters. The Morgan fingerprint density at radius 1 is 1.44 bits per heavy atom. The average molecular weight is 248 g/mol. The number of nitrogens with zero attached hydrogens (tertiary/aromatic N) is 2. The Balaban J connectivity index is 1.99. The van der Waals surface area contributed by atoms with Crippen LogP contribution < -0.4 is 16.4 Å². The molecule has 5 nitrogen and oxygen atoms in total. The Hall–Kier alpha value is -1.62. The van der Waals surface area contributed by atoms with Gasteiger partial charge in [-0.15, -0.1) is 0 Å². The quantitative estimate of drug-likeness (QED) is 0.828. The van der Waals surface area contributed by atoms with E-state index in [9.17, 15) is 4.79 Å². The molecule has 4 N–H and O–H groups in total. The molecule has 0 radical (unpaired) electrons. The van der Waals surface area contributed by atoms with Gasteiger partial charge in [-0.05, 0) is 31.4 Å². The topological polar surface area (TPSA) is 85.2 Å².